The predicted octanol–water partition coefficient (Wildman–Crippen LogP) is 3.01. The van der Waals surface area contributed by atoms with Gasteiger partial charge in [-0.2, -0.15) is 13.2 Å². The molecular weight excluding hydrogens is 317 g/mol. The maximum Gasteiger partial charge on any atom is 0.406 e. The first-order valence-corrected chi connectivity index (χ1v) is 6.89. The van der Waals surface area contributed by atoms with Crippen molar-refractivity contribution in [2.24, 2.45) is 5.73 Å². The van der Waals surface area contributed by atoms with Gasteiger partial charge in [0, 0.05) is 12.0 Å². The Morgan fingerprint density at radius 2 is 1.91 bits per heavy atom. The molecule has 0 aliphatic carbocycles. The number of amides is 1. The van der Waals surface area contributed by atoms with Crippen molar-refractivity contribution in [1.29, 1.82) is 0 Å². The summed E-state index contributed by atoms with van der Waals surface area (Å²) >= 11 is 0. The molecule has 1 aliphatic rings. The van der Waals surface area contributed by atoms with E-state index in [-0.39, 0.29) is 18.3 Å². The van der Waals surface area contributed by atoms with Crippen LogP contribution in [0, 0.1) is 6.92 Å². The van der Waals surface area contributed by atoms with E-state index in [0.29, 0.717) is 6.42 Å². The van der Waals surface area contributed by atoms with E-state index >= 15 is 0 Å². The van der Waals surface area contributed by atoms with Gasteiger partial charge in [0.25, 0.3) is 0 Å². The first-order chi connectivity index (χ1) is 9.70. The van der Waals surface area contributed by atoms with Gasteiger partial charge in [-0.1, -0.05) is 24.3 Å². The Hall–Kier alpha value is -1.27. The van der Waals surface area contributed by atoms with Crippen LogP contribution in [-0.2, 0) is 4.79 Å². The normalized spacial score (nSPS) is 25.8. The van der Waals surface area contributed by atoms with Crippen LogP contribution >= 0.6 is 12.4 Å². The van der Waals surface area contributed by atoms with Crippen LogP contribution in [0.5, 0.6) is 0 Å². The fourth-order valence-electron chi connectivity index (χ4n) is 3.01. The number of alkyl halides is 3. The second-order valence-corrected chi connectivity index (χ2v) is 5.63. The summed E-state index contributed by atoms with van der Waals surface area (Å²) in [7, 11) is 0. The molecule has 3 nitrogen and oxygen atoms in total. The Morgan fingerprint density at radius 1 is 1.32 bits per heavy atom. The second kappa shape index (κ2) is 6.87. The summed E-state index contributed by atoms with van der Waals surface area (Å²) in [6.45, 7) is 2.33. The van der Waals surface area contributed by atoms with Gasteiger partial charge in [-0.25, -0.2) is 0 Å². The van der Waals surface area contributed by atoms with E-state index in [1.807, 2.05) is 31.2 Å². The van der Waals surface area contributed by atoms with Crippen LogP contribution in [0.3, 0.4) is 0 Å². The number of benzene rings is 1. The lowest BCUT2D eigenvalue weighted by Gasteiger charge is -2.42. The van der Waals surface area contributed by atoms with Crippen LogP contribution in [0.1, 0.15) is 30.4 Å². The van der Waals surface area contributed by atoms with E-state index in [0.717, 1.165) is 16.0 Å². The Bertz CT molecular complexity index is 536. The summed E-state index contributed by atoms with van der Waals surface area (Å²) in [5, 5.41) is 0. The molecule has 7 heteroatoms. The van der Waals surface area contributed by atoms with Crippen LogP contribution in [-0.4, -0.2) is 35.6 Å². The van der Waals surface area contributed by atoms with Crippen LogP contribution < -0.4 is 5.73 Å². The van der Waals surface area contributed by atoms with Crippen molar-refractivity contribution in [3.8, 4) is 0 Å². The SMILES string of the molecule is Cc1ccccc1[C@@H]1C[C@H](N)C(=O)N(CC(F)(F)F)[C@@H]1C.Cl. The Kier molecular flexibility index (Phi) is 5.87. The Labute approximate surface area is 134 Å². The molecule has 2 N–H and O–H groups in total. The fraction of sp³-hybridized carbons (Fsp3) is 0.533. The van der Waals surface area contributed by atoms with Gasteiger partial charge in [0.15, 0.2) is 0 Å². The summed E-state index contributed by atoms with van der Waals surface area (Å²) in [6.07, 6.45) is -4.05. The molecule has 1 saturated heterocycles. The molecule has 1 amide bonds. The average Bonchev–Trinajstić information content (AvgIpc) is 2.39. The van der Waals surface area contributed by atoms with Gasteiger partial charge in [-0.15, -0.1) is 12.4 Å². The van der Waals surface area contributed by atoms with Crippen molar-refractivity contribution >= 4 is 18.3 Å². The van der Waals surface area contributed by atoms with Crippen molar-refractivity contribution < 1.29 is 18.0 Å². The van der Waals surface area contributed by atoms with Crippen molar-refractivity contribution in [2.75, 3.05) is 6.54 Å². The van der Waals surface area contributed by atoms with Crippen LogP contribution in [0.25, 0.3) is 0 Å². The zero-order chi connectivity index (χ0) is 15.8. The molecule has 22 heavy (non-hydrogen) atoms. The van der Waals surface area contributed by atoms with Crippen molar-refractivity contribution in [3.63, 3.8) is 0 Å². The van der Waals surface area contributed by atoms with Gasteiger partial charge in [0.2, 0.25) is 5.91 Å². The van der Waals surface area contributed by atoms with E-state index in [1.54, 1.807) is 6.92 Å². The molecular formula is C15H20ClF3N2O. The topological polar surface area (TPSA) is 46.3 Å². The van der Waals surface area contributed by atoms with Gasteiger partial charge in [0.1, 0.15) is 6.54 Å². The molecule has 0 spiro atoms. The largest absolute Gasteiger partial charge is 0.406 e. The first-order valence-electron chi connectivity index (χ1n) is 6.89. The highest BCUT2D eigenvalue weighted by Gasteiger charge is 2.43. The van der Waals surface area contributed by atoms with Crippen molar-refractivity contribution in [2.45, 2.75) is 44.4 Å². The summed E-state index contributed by atoms with van der Waals surface area (Å²) in [5.41, 5.74) is 7.73. The number of piperidine rings is 1. The lowest BCUT2D eigenvalue weighted by molar-refractivity contribution is -0.170. The highest BCUT2D eigenvalue weighted by molar-refractivity contribution is 5.85. The number of hydrogen-bond acceptors (Lipinski definition) is 2. The Balaban J connectivity index is 0.00000242. The minimum Gasteiger partial charge on any atom is -0.329 e. The number of likely N-dealkylation sites (tertiary alicyclic amines) is 1. The molecule has 1 aromatic carbocycles. The van der Waals surface area contributed by atoms with E-state index < -0.39 is 30.7 Å². The predicted molar refractivity (Wildman–Crippen MR) is 81.0 cm³/mol. The minimum absolute atomic E-state index is 0. The Morgan fingerprint density at radius 3 is 2.45 bits per heavy atom. The number of rotatable bonds is 2. The number of carbonyl (C=O) groups excluding carboxylic acids is 1. The molecule has 0 saturated carbocycles. The average molecular weight is 337 g/mol. The van der Waals surface area contributed by atoms with Crippen LogP contribution in [0.15, 0.2) is 24.3 Å². The maximum absolute atomic E-state index is 12.7. The lowest BCUT2D eigenvalue weighted by atomic mass is 9.80. The number of hydrogen-bond donors (Lipinski definition) is 1. The van der Waals surface area contributed by atoms with Crippen LogP contribution in [0.2, 0.25) is 0 Å². The molecule has 1 fully saturated rings. The smallest absolute Gasteiger partial charge is 0.329 e. The number of aryl methyl sites for hydroxylation is 1. The first kappa shape index (κ1) is 18.8. The van der Waals surface area contributed by atoms with E-state index in [9.17, 15) is 18.0 Å². The molecule has 0 unspecified atom stereocenters. The quantitative estimate of drug-likeness (QED) is 0.902. The molecule has 1 aromatic rings. The molecule has 1 heterocycles. The molecule has 0 radical (unpaired) electrons. The molecule has 0 bridgehead atoms. The lowest BCUT2D eigenvalue weighted by Crippen LogP contribution is -2.57. The minimum atomic E-state index is -4.42. The zero-order valence-electron chi connectivity index (χ0n) is 12.4. The monoisotopic (exact) mass is 336 g/mol. The molecule has 2 rings (SSSR count). The van der Waals surface area contributed by atoms with Crippen LogP contribution in [0.4, 0.5) is 13.2 Å². The third-order valence-electron chi connectivity index (χ3n) is 4.12. The standard InChI is InChI=1S/C15H19F3N2O.ClH/c1-9-5-3-4-6-11(9)12-7-13(19)14(21)20(10(12)2)8-15(16,17)18;/h3-6,10,12-13H,7-8,19H2,1-2H3;1H/t10-,12-,13+;/m1./s1. The summed E-state index contributed by atoms with van der Waals surface area (Å²) in [5.74, 6) is -0.800. The summed E-state index contributed by atoms with van der Waals surface area (Å²) in [6, 6.07) is 6.13. The number of nitrogens with two attached hydrogens (primary N) is 1. The zero-order valence-corrected chi connectivity index (χ0v) is 13.2. The van der Waals surface area contributed by atoms with E-state index in [4.69, 9.17) is 5.73 Å². The fourth-order valence-corrected chi connectivity index (χ4v) is 3.01. The second-order valence-electron chi connectivity index (χ2n) is 5.63. The maximum atomic E-state index is 12.7. The number of carbonyl (C=O) groups is 1. The van der Waals surface area contributed by atoms with E-state index in [2.05, 4.69) is 0 Å². The number of halogens is 4. The molecule has 1 aliphatic heterocycles. The van der Waals surface area contributed by atoms with Crippen molar-refractivity contribution in [3.05, 3.63) is 35.4 Å². The van der Waals surface area contributed by atoms with Gasteiger partial charge in [-0.05, 0) is 31.4 Å². The molecule has 124 valence electrons. The summed E-state index contributed by atoms with van der Waals surface area (Å²) < 4.78 is 38.1. The van der Waals surface area contributed by atoms with Gasteiger partial charge in [0.05, 0.1) is 6.04 Å². The highest BCUT2D eigenvalue weighted by Crippen LogP contribution is 2.35. The summed E-state index contributed by atoms with van der Waals surface area (Å²) in [4.78, 5) is 12.8. The van der Waals surface area contributed by atoms with Gasteiger partial charge >= 0.3 is 6.18 Å². The molecule has 0 aromatic heterocycles. The van der Waals surface area contributed by atoms with Gasteiger partial charge in [-0.3, -0.25) is 4.79 Å². The molecule has 3 atom stereocenters. The van der Waals surface area contributed by atoms with E-state index in [1.165, 1.54) is 0 Å². The number of nitrogens with zero attached hydrogens (tertiary/aromatic N) is 1. The third kappa shape index (κ3) is 3.93. The van der Waals surface area contributed by atoms with Crippen molar-refractivity contribution in [1.82, 2.24) is 4.90 Å². The highest BCUT2D eigenvalue weighted by atomic mass is 35.5. The van der Waals surface area contributed by atoms with Gasteiger partial charge < -0.3 is 10.6 Å². The third-order valence-corrected chi connectivity index (χ3v) is 4.12.